The van der Waals surface area contributed by atoms with Crippen molar-refractivity contribution < 1.29 is 14.7 Å². The van der Waals surface area contributed by atoms with Gasteiger partial charge in [0.1, 0.15) is 0 Å². The Bertz CT molecular complexity index is 1160. The number of fused-ring (bicyclic) bond motifs is 1. The van der Waals surface area contributed by atoms with Gasteiger partial charge in [-0.2, -0.15) is 0 Å². The van der Waals surface area contributed by atoms with Crippen molar-refractivity contribution in [3.8, 4) is 0 Å². The number of hydrogen-bond donors (Lipinski definition) is 1. The molecular weight excluding hydrogens is 466 g/mol. The number of nitrogens with zero attached hydrogens (tertiary/aromatic N) is 1. The predicted molar refractivity (Wildman–Crippen MR) is 130 cm³/mol. The molecule has 164 valence electrons. The Morgan fingerprint density at radius 2 is 1.59 bits per heavy atom. The summed E-state index contributed by atoms with van der Waals surface area (Å²) in [4.78, 5) is 28.1. The molecule has 1 heterocycles. The van der Waals surface area contributed by atoms with E-state index in [-0.39, 0.29) is 17.6 Å². The van der Waals surface area contributed by atoms with Gasteiger partial charge in [0, 0.05) is 15.6 Å². The van der Waals surface area contributed by atoms with Gasteiger partial charge in [-0.15, -0.1) is 0 Å². The van der Waals surface area contributed by atoms with Gasteiger partial charge in [0.05, 0.1) is 18.7 Å². The standard InChI is InChI=1S/C27H26BrNO3/c1-26(2,3)20-12-10-19(11-13-20)24(30)16-27(32)22-6-4-5-7-23(22)29(25(27)31)17-18-8-14-21(28)15-9-18/h4-15,32H,16-17H2,1-3H3. The molecule has 1 atom stereocenters. The predicted octanol–water partition coefficient (Wildman–Crippen LogP) is 5.75. The van der Waals surface area contributed by atoms with Crippen LogP contribution in [0.3, 0.4) is 0 Å². The quantitative estimate of drug-likeness (QED) is 0.462. The molecular formula is C27H26BrNO3. The lowest BCUT2D eigenvalue weighted by molar-refractivity contribution is -0.136. The highest BCUT2D eigenvalue weighted by atomic mass is 79.9. The zero-order chi connectivity index (χ0) is 23.1. The van der Waals surface area contributed by atoms with E-state index >= 15 is 0 Å². The first-order chi connectivity index (χ1) is 15.1. The van der Waals surface area contributed by atoms with Crippen molar-refractivity contribution in [3.05, 3.63) is 99.5 Å². The van der Waals surface area contributed by atoms with Crippen molar-refractivity contribution in [3.63, 3.8) is 0 Å². The summed E-state index contributed by atoms with van der Waals surface area (Å²) in [5.41, 5.74) is 1.75. The highest BCUT2D eigenvalue weighted by Gasteiger charge is 2.50. The summed E-state index contributed by atoms with van der Waals surface area (Å²) in [6.07, 6.45) is -0.297. The number of aliphatic hydroxyl groups is 1. The van der Waals surface area contributed by atoms with E-state index in [1.807, 2.05) is 48.5 Å². The summed E-state index contributed by atoms with van der Waals surface area (Å²) in [6, 6.07) is 22.3. The van der Waals surface area contributed by atoms with Crippen LogP contribution < -0.4 is 4.90 Å². The molecule has 32 heavy (non-hydrogen) atoms. The molecule has 0 radical (unpaired) electrons. The van der Waals surface area contributed by atoms with Crippen molar-refractivity contribution in [2.45, 2.75) is 44.8 Å². The average Bonchev–Trinajstić information content (AvgIpc) is 2.97. The number of benzene rings is 3. The van der Waals surface area contributed by atoms with E-state index in [0.717, 1.165) is 15.6 Å². The second-order valence-electron chi connectivity index (χ2n) is 9.32. The number of carbonyl (C=O) groups excluding carboxylic acids is 2. The number of Topliss-reactive ketones (excluding diaryl/α,β-unsaturated/α-hetero) is 1. The lowest BCUT2D eigenvalue weighted by Gasteiger charge is -2.23. The van der Waals surface area contributed by atoms with Gasteiger partial charge in [-0.3, -0.25) is 9.59 Å². The molecule has 5 heteroatoms. The highest BCUT2D eigenvalue weighted by molar-refractivity contribution is 9.10. The molecule has 1 aliphatic rings. The van der Waals surface area contributed by atoms with Gasteiger partial charge in [-0.05, 0) is 34.7 Å². The van der Waals surface area contributed by atoms with Crippen molar-refractivity contribution in [2.24, 2.45) is 0 Å². The molecule has 0 aliphatic carbocycles. The minimum absolute atomic E-state index is 0.0202. The largest absolute Gasteiger partial charge is 0.375 e. The summed E-state index contributed by atoms with van der Waals surface area (Å²) < 4.78 is 0.953. The van der Waals surface area contributed by atoms with Crippen LogP contribution in [0.2, 0.25) is 0 Å². The SMILES string of the molecule is CC(C)(C)c1ccc(C(=O)CC2(O)C(=O)N(Cc3ccc(Br)cc3)c3ccccc32)cc1. The number of rotatable bonds is 5. The van der Waals surface area contributed by atoms with Crippen molar-refractivity contribution in [2.75, 3.05) is 4.90 Å². The molecule has 0 spiro atoms. The third-order valence-corrected chi connectivity index (χ3v) is 6.51. The lowest BCUT2D eigenvalue weighted by Crippen LogP contribution is -2.41. The number of ketones is 1. The van der Waals surface area contributed by atoms with E-state index < -0.39 is 11.5 Å². The molecule has 3 aromatic carbocycles. The van der Waals surface area contributed by atoms with E-state index in [2.05, 4.69) is 36.7 Å². The molecule has 0 bridgehead atoms. The monoisotopic (exact) mass is 491 g/mol. The van der Waals surface area contributed by atoms with Crippen LogP contribution in [0, 0.1) is 0 Å². The molecule has 4 nitrogen and oxygen atoms in total. The number of para-hydroxylation sites is 1. The van der Waals surface area contributed by atoms with Crippen molar-refractivity contribution >= 4 is 33.3 Å². The van der Waals surface area contributed by atoms with Gasteiger partial charge >= 0.3 is 0 Å². The Morgan fingerprint density at radius 3 is 2.22 bits per heavy atom. The minimum Gasteiger partial charge on any atom is -0.375 e. The second-order valence-corrected chi connectivity index (χ2v) is 10.2. The normalized spacial score (nSPS) is 18.0. The number of halogens is 1. The van der Waals surface area contributed by atoms with E-state index in [9.17, 15) is 14.7 Å². The molecule has 0 saturated carbocycles. The van der Waals surface area contributed by atoms with Gasteiger partial charge in [-0.25, -0.2) is 0 Å². The highest BCUT2D eigenvalue weighted by Crippen LogP contribution is 2.43. The number of hydrogen-bond acceptors (Lipinski definition) is 3. The number of amides is 1. The second kappa shape index (κ2) is 8.30. The maximum Gasteiger partial charge on any atom is 0.264 e. The van der Waals surface area contributed by atoms with Gasteiger partial charge < -0.3 is 10.0 Å². The molecule has 1 amide bonds. The fourth-order valence-corrected chi connectivity index (χ4v) is 4.36. The molecule has 0 aromatic heterocycles. The number of carbonyl (C=O) groups is 2. The Balaban J connectivity index is 1.62. The molecule has 1 aliphatic heterocycles. The Morgan fingerprint density at radius 1 is 0.969 bits per heavy atom. The van der Waals surface area contributed by atoms with Crippen molar-refractivity contribution in [1.29, 1.82) is 0 Å². The minimum atomic E-state index is -1.88. The van der Waals surface area contributed by atoms with Crippen molar-refractivity contribution in [1.82, 2.24) is 0 Å². The Labute approximate surface area is 197 Å². The maximum atomic E-state index is 13.4. The van der Waals surface area contributed by atoms with Gasteiger partial charge in [0.15, 0.2) is 11.4 Å². The van der Waals surface area contributed by atoms with Crippen LogP contribution in [-0.4, -0.2) is 16.8 Å². The van der Waals surface area contributed by atoms with Crippen LogP contribution in [-0.2, 0) is 22.4 Å². The third kappa shape index (κ3) is 4.15. The average molecular weight is 492 g/mol. The van der Waals surface area contributed by atoms with Crippen LogP contribution in [0.1, 0.15) is 54.2 Å². The van der Waals surface area contributed by atoms with Crippen LogP contribution in [0.15, 0.2) is 77.3 Å². The van der Waals surface area contributed by atoms with Gasteiger partial charge in [-0.1, -0.05) is 91.3 Å². The smallest absolute Gasteiger partial charge is 0.264 e. The first kappa shape index (κ1) is 22.4. The summed E-state index contributed by atoms with van der Waals surface area (Å²) in [5.74, 6) is -0.733. The Hall–Kier alpha value is -2.76. The zero-order valence-corrected chi connectivity index (χ0v) is 20.0. The summed E-state index contributed by atoms with van der Waals surface area (Å²) in [7, 11) is 0. The molecule has 1 unspecified atom stereocenters. The fourth-order valence-electron chi connectivity index (χ4n) is 4.10. The molecule has 4 rings (SSSR count). The molecule has 0 fully saturated rings. The first-order valence-electron chi connectivity index (χ1n) is 10.6. The number of anilines is 1. The molecule has 0 saturated heterocycles. The van der Waals surface area contributed by atoms with Crippen LogP contribution in [0.4, 0.5) is 5.69 Å². The molecule has 3 aromatic rings. The van der Waals surface area contributed by atoms with E-state index in [0.29, 0.717) is 23.4 Å². The van der Waals surface area contributed by atoms with E-state index in [4.69, 9.17) is 0 Å². The zero-order valence-electron chi connectivity index (χ0n) is 18.4. The fraction of sp³-hybridized carbons (Fsp3) is 0.259. The van der Waals surface area contributed by atoms with Gasteiger partial charge in [0.2, 0.25) is 0 Å². The maximum absolute atomic E-state index is 13.4. The Kier molecular flexibility index (Phi) is 5.82. The first-order valence-corrected chi connectivity index (χ1v) is 11.4. The van der Waals surface area contributed by atoms with Gasteiger partial charge in [0.25, 0.3) is 5.91 Å². The summed E-state index contributed by atoms with van der Waals surface area (Å²) in [5, 5.41) is 11.5. The van der Waals surface area contributed by atoms with E-state index in [1.165, 1.54) is 0 Å². The lowest BCUT2D eigenvalue weighted by atomic mass is 9.85. The van der Waals surface area contributed by atoms with Crippen LogP contribution >= 0.6 is 15.9 Å². The topological polar surface area (TPSA) is 57.6 Å². The van der Waals surface area contributed by atoms with E-state index in [1.54, 1.807) is 29.2 Å². The third-order valence-electron chi connectivity index (χ3n) is 5.98. The molecule has 1 N–H and O–H groups in total. The summed E-state index contributed by atoms with van der Waals surface area (Å²) >= 11 is 3.42. The van der Waals surface area contributed by atoms with Crippen LogP contribution in [0.25, 0.3) is 0 Å². The summed E-state index contributed by atoms with van der Waals surface area (Å²) in [6.45, 7) is 6.65. The van der Waals surface area contributed by atoms with Crippen LogP contribution in [0.5, 0.6) is 0 Å².